The Morgan fingerprint density at radius 3 is 2.20 bits per heavy atom. The number of hydrogen-bond acceptors (Lipinski definition) is 6. The highest BCUT2D eigenvalue weighted by Gasteiger charge is 2.08. The largest absolute Gasteiger partial charge is 0.488 e. The average molecular weight is 287 g/mol. The van der Waals surface area contributed by atoms with Gasteiger partial charge in [0.05, 0.1) is 20.2 Å². The second-order valence-electron chi connectivity index (χ2n) is 3.50. The third-order valence-corrected chi connectivity index (χ3v) is 1.94. The summed E-state index contributed by atoms with van der Waals surface area (Å²) in [6, 6.07) is 4.99. The summed E-state index contributed by atoms with van der Waals surface area (Å²) >= 11 is 0. The third kappa shape index (κ3) is 9.03. The van der Waals surface area contributed by atoms with Gasteiger partial charge in [-0.3, -0.25) is 14.9 Å². The molecule has 1 aromatic rings. The zero-order valence-corrected chi connectivity index (χ0v) is 10.7. The van der Waals surface area contributed by atoms with Crippen LogP contribution in [0.25, 0.3) is 0 Å². The van der Waals surface area contributed by atoms with Crippen LogP contribution < -0.4 is 10.8 Å². The molecular weight excluding hydrogens is 272 g/mol. The first-order valence-corrected chi connectivity index (χ1v) is 5.47. The van der Waals surface area contributed by atoms with Crippen molar-refractivity contribution < 1.29 is 33.9 Å². The SMILES string of the molecule is COC(=O)CNCC(=O)O.OB(O)c1ccc(F)cc1. The molecule has 0 bridgehead atoms. The maximum atomic E-state index is 12.2. The summed E-state index contributed by atoms with van der Waals surface area (Å²) in [5.74, 6) is -1.85. The van der Waals surface area contributed by atoms with Gasteiger partial charge >= 0.3 is 19.1 Å². The van der Waals surface area contributed by atoms with Gasteiger partial charge in [0.2, 0.25) is 0 Å². The van der Waals surface area contributed by atoms with Gasteiger partial charge in [-0.2, -0.15) is 0 Å². The minimum absolute atomic E-state index is 0.0667. The topological polar surface area (TPSA) is 116 Å². The van der Waals surface area contributed by atoms with Gasteiger partial charge in [-0.05, 0) is 17.6 Å². The van der Waals surface area contributed by atoms with E-state index in [1.54, 1.807) is 0 Å². The van der Waals surface area contributed by atoms with Crippen LogP contribution in [-0.4, -0.2) is 54.4 Å². The Morgan fingerprint density at radius 1 is 1.25 bits per heavy atom. The van der Waals surface area contributed by atoms with Gasteiger partial charge in [-0.25, -0.2) is 4.39 Å². The molecule has 0 aromatic heterocycles. The summed E-state index contributed by atoms with van der Waals surface area (Å²) in [5.41, 5.74) is 0.293. The predicted molar refractivity (Wildman–Crippen MR) is 68.7 cm³/mol. The van der Waals surface area contributed by atoms with Gasteiger partial charge in [0.25, 0.3) is 0 Å². The molecule has 0 radical (unpaired) electrons. The van der Waals surface area contributed by atoms with Crippen LogP contribution in [0.15, 0.2) is 24.3 Å². The molecule has 0 aliphatic carbocycles. The van der Waals surface area contributed by atoms with Gasteiger partial charge in [0.15, 0.2) is 0 Å². The number of halogens is 1. The van der Waals surface area contributed by atoms with Gasteiger partial charge in [0, 0.05) is 0 Å². The summed E-state index contributed by atoms with van der Waals surface area (Å²) in [5, 5.41) is 27.5. The summed E-state index contributed by atoms with van der Waals surface area (Å²) < 4.78 is 16.4. The van der Waals surface area contributed by atoms with Gasteiger partial charge < -0.3 is 19.9 Å². The molecule has 0 unspecified atom stereocenters. The molecule has 4 N–H and O–H groups in total. The molecule has 0 heterocycles. The van der Waals surface area contributed by atoms with Crippen molar-refractivity contribution in [2.75, 3.05) is 20.2 Å². The van der Waals surface area contributed by atoms with Crippen molar-refractivity contribution in [3.8, 4) is 0 Å². The minimum atomic E-state index is -1.51. The molecule has 0 fully saturated rings. The lowest BCUT2D eigenvalue weighted by molar-refractivity contribution is -0.140. The average Bonchev–Trinajstić information content (AvgIpc) is 2.39. The monoisotopic (exact) mass is 287 g/mol. The van der Waals surface area contributed by atoms with Crippen molar-refractivity contribution in [2.45, 2.75) is 0 Å². The van der Waals surface area contributed by atoms with Gasteiger partial charge in [0.1, 0.15) is 5.82 Å². The van der Waals surface area contributed by atoms with Crippen molar-refractivity contribution >= 4 is 24.5 Å². The van der Waals surface area contributed by atoms with E-state index in [9.17, 15) is 14.0 Å². The Kier molecular flexibility index (Phi) is 8.93. The van der Waals surface area contributed by atoms with E-state index in [1.807, 2.05) is 0 Å². The molecular formula is C11H15BFNO6. The highest BCUT2D eigenvalue weighted by Crippen LogP contribution is 1.92. The number of methoxy groups -OCH3 is 1. The Bertz CT molecular complexity index is 425. The number of ether oxygens (including phenoxy) is 1. The molecule has 7 nitrogen and oxygen atoms in total. The number of carbonyl (C=O) groups excluding carboxylic acids is 1. The molecule has 20 heavy (non-hydrogen) atoms. The van der Waals surface area contributed by atoms with Crippen molar-refractivity contribution in [1.82, 2.24) is 5.32 Å². The maximum absolute atomic E-state index is 12.2. The van der Waals surface area contributed by atoms with E-state index in [4.69, 9.17) is 15.2 Å². The fraction of sp³-hybridized carbons (Fsp3) is 0.273. The number of carboxylic acids is 1. The standard InChI is InChI=1S/C6H6BFO2.C5H9NO4/c8-6-3-1-5(2-4-6)7(9)10;1-10-5(9)3-6-2-4(7)8/h1-4,9-10H;6H,2-3H2,1H3,(H,7,8). The molecule has 9 heteroatoms. The summed E-state index contributed by atoms with van der Waals surface area (Å²) in [6.07, 6.45) is 0. The molecule has 0 saturated heterocycles. The predicted octanol–water partition coefficient (Wildman–Crippen LogP) is -1.66. The van der Waals surface area contributed by atoms with Crippen LogP contribution >= 0.6 is 0 Å². The Balaban J connectivity index is 0.000000361. The van der Waals surface area contributed by atoms with E-state index in [0.29, 0.717) is 5.46 Å². The Labute approximate surface area is 115 Å². The number of aliphatic carboxylic acids is 1. The second kappa shape index (κ2) is 9.90. The van der Waals surface area contributed by atoms with Crippen LogP contribution in [0.3, 0.4) is 0 Å². The summed E-state index contributed by atoms with van der Waals surface area (Å²) in [7, 11) is -0.272. The van der Waals surface area contributed by atoms with Crippen LogP contribution in [-0.2, 0) is 14.3 Å². The number of nitrogens with one attached hydrogen (secondary N) is 1. The van der Waals surface area contributed by atoms with E-state index in [-0.39, 0.29) is 18.9 Å². The zero-order chi connectivity index (χ0) is 15.5. The molecule has 0 amide bonds. The molecule has 1 aromatic carbocycles. The number of esters is 1. The van der Waals surface area contributed by atoms with Crippen molar-refractivity contribution in [1.29, 1.82) is 0 Å². The minimum Gasteiger partial charge on any atom is -0.480 e. The first-order chi connectivity index (χ1) is 9.36. The number of hydrogen-bond donors (Lipinski definition) is 4. The molecule has 1 rings (SSSR count). The lowest BCUT2D eigenvalue weighted by Crippen LogP contribution is -2.29. The van der Waals surface area contributed by atoms with E-state index in [2.05, 4.69) is 10.1 Å². The van der Waals surface area contributed by atoms with Gasteiger partial charge in [-0.15, -0.1) is 0 Å². The van der Waals surface area contributed by atoms with Crippen molar-refractivity contribution in [2.24, 2.45) is 0 Å². The fourth-order valence-corrected chi connectivity index (χ4v) is 0.979. The zero-order valence-electron chi connectivity index (χ0n) is 10.7. The molecule has 0 aliphatic rings. The molecule has 0 atom stereocenters. The lowest BCUT2D eigenvalue weighted by atomic mass is 9.80. The Morgan fingerprint density at radius 2 is 1.80 bits per heavy atom. The summed E-state index contributed by atoms with van der Waals surface area (Å²) in [4.78, 5) is 20.2. The maximum Gasteiger partial charge on any atom is 0.488 e. The third-order valence-electron chi connectivity index (χ3n) is 1.94. The smallest absolute Gasteiger partial charge is 0.480 e. The normalized spacial score (nSPS) is 9.20. The molecule has 110 valence electrons. The van der Waals surface area contributed by atoms with E-state index in [1.165, 1.54) is 31.4 Å². The highest BCUT2D eigenvalue weighted by molar-refractivity contribution is 6.58. The summed E-state index contributed by atoms with van der Waals surface area (Å²) in [6.45, 7) is -0.294. The van der Waals surface area contributed by atoms with Crippen LogP contribution in [0.4, 0.5) is 4.39 Å². The Hall–Kier alpha value is -1.97. The van der Waals surface area contributed by atoms with E-state index < -0.39 is 19.1 Å². The van der Waals surface area contributed by atoms with Gasteiger partial charge in [-0.1, -0.05) is 12.1 Å². The second-order valence-corrected chi connectivity index (χ2v) is 3.50. The van der Waals surface area contributed by atoms with E-state index >= 15 is 0 Å². The first kappa shape index (κ1) is 18.0. The number of carbonyl (C=O) groups is 2. The lowest BCUT2D eigenvalue weighted by Gasteiger charge is -1.97. The van der Waals surface area contributed by atoms with Crippen molar-refractivity contribution in [3.05, 3.63) is 30.1 Å². The van der Waals surface area contributed by atoms with Crippen LogP contribution in [0.2, 0.25) is 0 Å². The van der Waals surface area contributed by atoms with Crippen molar-refractivity contribution in [3.63, 3.8) is 0 Å². The molecule has 0 aliphatic heterocycles. The fourth-order valence-electron chi connectivity index (χ4n) is 0.979. The van der Waals surface area contributed by atoms with Crippen LogP contribution in [0.1, 0.15) is 0 Å². The number of rotatable bonds is 5. The molecule has 0 saturated carbocycles. The molecule has 0 spiro atoms. The quantitative estimate of drug-likeness (QED) is 0.378. The highest BCUT2D eigenvalue weighted by atomic mass is 19.1. The van der Waals surface area contributed by atoms with Crippen LogP contribution in [0, 0.1) is 5.82 Å². The number of carboxylic acid groups (broad SMARTS) is 1. The van der Waals surface area contributed by atoms with E-state index in [0.717, 1.165) is 0 Å². The first-order valence-electron chi connectivity index (χ1n) is 5.47. The number of benzene rings is 1. The van der Waals surface area contributed by atoms with Crippen LogP contribution in [0.5, 0.6) is 0 Å².